The normalized spacial score (nSPS) is 24.5. The zero-order valence-electron chi connectivity index (χ0n) is 15.2. The average Bonchev–Trinajstić information content (AvgIpc) is 2.60. The molecule has 8 heteroatoms. The van der Waals surface area contributed by atoms with E-state index < -0.39 is 5.82 Å². The fourth-order valence-corrected chi connectivity index (χ4v) is 4.19. The molecule has 2 N–H and O–H groups in total. The zero-order chi connectivity index (χ0) is 19.9. The number of ether oxygens (including phenoxy) is 1. The van der Waals surface area contributed by atoms with E-state index in [0.717, 1.165) is 25.3 Å². The Morgan fingerprint density at radius 1 is 1.21 bits per heavy atom. The van der Waals surface area contributed by atoms with Crippen molar-refractivity contribution in [3.63, 3.8) is 0 Å². The number of aromatic nitrogens is 1. The number of benzene rings is 1. The lowest BCUT2D eigenvalue weighted by atomic mass is 9.44. The third-order valence-corrected chi connectivity index (χ3v) is 5.51. The molecule has 0 atom stereocenters. The highest BCUT2D eigenvalue weighted by atomic mass is 35.5. The Morgan fingerprint density at radius 2 is 1.96 bits per heavy atom. The molecule has 0 saturated heterocycles. The Labute approximate surface area is 166 Å². The van der Waals surface area contributed by atoms with E-state index >= 15 is 0 Å². The maximum Gasteiger partial charge on any atom is 0.258 e. The van der Waals surface area contributed by atoms with Crippen LogP contribution in [0.3, 0.4) is 0 Å². The van der Waals surface area contributed by atoms with Crippen LogP contribution in [0.25, 0.3) is 0 Å². The summed E-state index contributed by atoms with van der Waals surface area (Å²) in [5.74, 6) is 0.00464. The van der Waals surface area contributed by atoms with Gasteiger partial charge in [-0.25, -0.2) is 9.37 Å². The number of anilines is 1. The highest BCUT2D eigenvalue weighted by molar-refractivity contribution is 6.30. The molecule has 3 saturated carbocycles. The number of rotatable bonds is 7. The van der Waals surface area contributed by atoms with Gasteiger partial charge in [-0.05, 0) is 43.5 Å². The zero-order valence-corrected chi connectivity index (χ0v) is 16.0. The Hall–Kier alpha value is -2.67. The van der Waals surface area contributed by atoms with Gasteiger partial charge >= 0.3 is 0 Å². The molecule has 1 aromatic heterocycles. The topological polar surface area (TPSA) is 80.3 Å². The first-order valence-electron chi connectivity index (χ1n) is 8.93. The van der Waals surface area contributed by atoms with Crippen LogP contribution < -0.4 is 15.4 Å². The fraction of sp³-hybridized carbons (Fsp3) is 0.350. The standard InChI is InChI=1S/C20H19ClFN3O3/c1-12(26)16-3-2-4-17(23-16)24-19-9-20(10-19,11-19)25-18(27)8-28-13-5-6-14(21)15(22)7-13/h2-7H,8-11H2,1H3,(H,23,24)(H,25,27). The molecule has 2 bridgehead atoms. The first kappa shape index (κ1) is 18.7. The van der Waals surface area contributed by atoms with Gasteiger partial charge in [0, 0.05) is 24.1 Å². The third-order valence-electron chi connectivity index (χ3n) is 5.20. The van der Waals surface area contributed by atoms with Crippen molar-refractivity contribution in [3.05, 3.63) is 52.9 Å². The number of hydrogen-bond acceptors (Lipinski definition) is 5. The van der Waals surface area contributed by atoms with Gasteiger partial charge in [0.15, 0.2) is 12.4 Å². The van der Waals surface area contributed by atoms with Gasteiger partial charge in [0.05, 0.1) is 5.02 Å². The summed E-state index contributed by atoms with van der Waals surface area (Å²) in [6, 6.07) is 9.36. The van der Waals surface area contributed by atoms with Crippen LogP contribution >= 0.6 is 11.6 Å². The third kappa shape index (κ3) is 3.54. The lowest BCUT2D eigenvalue weighted by Crippen LogP contribution is -2.81. The van der Waals surface area contributed by atoms with Gasteiger partial charge in [0.2, 0.25) is 0 Å². The number of pyridine rings is 1. The van der Waals surface area contributed by atoms with Crippen LogP contribution in [0.2, 0.25) is 5.02 Å². The van der Waals surface area contributed by atoms with Crippen molar-refractivity contribution in [2.24, 2.45) is 0 Å². The molecule has 1 amide bonds. The number of carbonyl (C=O) groups is 2. The van der Waals surface area contributed by atoms with Crippen LogP contribution in [0.15, 0.2) is 36.4 Å². The van der Waals surface area contributed by atoms with Crippen molar-refractivity contribution < 1.29 is 18.7 Å². The van der Waals surface area contributed by atoms with E-state index in [0.29, 0.717) is 11.5 Å². The second kappa shape index (κ2) is 6.74. The van der Waals surface area contributed by atoms with Gasteiger partial charge in [-0.1, -0.05) is 17.7 Å². The summed E-state index contributed by atoms with van der Waals surface area (Å²) in [4.78, 5) is 27.9. The second-order valence-corrected chi connectivity index (χ2v) is 8.00. The van der Waals surface area contributed by atoms with Gasteiger partial charge in [-0.15, -0.1) is 0 Å². The maximum absolute atomic E-state index is 13.4. The molecule has 28 heavy (non-hydrogen) atoms. The van der Waals surface area contributed by atoms with Crippen LogP contribution in [0.4, 0.5) is 10.2 Å². The van der Waals surface area contributed by atoms with Crippen LogP contribution in [0.5, 0.6) is 5.75 Å². The average molecular weight is 404 g/mol. The number of amides is 1. The largest absolute Gasteiger partial charge is 0.484 e. The lowest BCUT2D eigenvalue weighted by molar-refractivity contribution is -0.135. The molecule has 146 valence electrons. The smallest absolute Gasteiger partial charge is 0.258 e. The highest BCUT2D eigenvalue weighted by Gasteiger charge is 2.68. The summed E-state index contributed by atoms with van der Waals surface area (Å²) in [5, 5.41) is 6.39. The molecule has 3 aliphatic carbocycles. The number of halogens is 2. The predicted molar refractivity (Wildman–Crippen MR) is 102 cm³/mol. The number of Topliss-reactive ketones (excluding diaryl/α,β-unsaturated/α-hetero) is 1. The summed E-state index contributed by atoms with van der Waals surface area (Å²) in [6.07, 6.45) is 2.36. The van der Waals surface area contributed by atoms with Gasteiger partial charge in [0.1, 0.15) is 23.1 Å². The van der Waals surface area contributed by atoms with Crippen LogP contribution in [0.1, 0.15) is 36.7 Å². The van der Waals surface area contributed by atoms with Crippen molar-refractivity contribution in [1.29, 1.82) is 0 Å². The summed E-state index contributed by atoms with van der Waals surface area (Å²) in [5.41, 5.74) is 0.114. The molecule has 0 spiro atoms. The van der Waals surface area contributed by atoms with Gasteiger partial charge in [-0.3, -0.25) is 9.59 Å². The Balaban J connectivity index is 1.26. The molecule has 0 unspecified atom stereocenters. The van der Waals surface area contributed by atoms with E-state index in [9.17, 15) is 14.0 Å². The highest BCUT2D eigenvalue weighted by Crippen LogP contribution is 2.61. The van der Waals surface area contributed by atoms with E-state index in [4.69, 9.17) is 16.3 Å². The number of nitrogens with one attached hydrogen (secondary N) is 2. The van der Waals surface area contributed by atoms with Crippen LogP contribution in [-0.4, -0.2) is 34.4 Å². The quantitative estimate of drug-likeness (QED) is 0.693. The molecular weight excluding hydrogens is 385 g/mol. The van der Waals surface area contributed by atoms with E-state index in [1.165, 1.54) is 19.1 Å². The molecule has 1 heterocycles. The molecular formula is C20H19ClFN3O3. The first-order valence-corrected chi connectivity index (χ1v) is 9.31. The first-order chi connectivity index (χ1) is 13.3. The second-order valence-electron chi connectivity index (χ2n) is 7.59. The van der Waals surface area contributed by atoms with Crippen LogP contribution in [-0.2, 0) is 4.79 Å². The molecule has 0 radical (unpaired) electrons. The number of carbonyl (C=O) groups excluding carboxylic acids is 2. The molecule has 2 aromatic rings. The SMILES string of the molecule is CC(=O)c1cccc(NC23CC(NC(=O)COc4ccc(Cl)c(F)c4)(C2)C3)n1. The van der Waals surface area contributed by atoms with Crippen molar-refractivity contribution in [3.8, 4) is 5.75 Å². The van der Waals surface area contributed by atoms with Crippen molar-refractivity contribution >= 4 is 29.1 Å². The van der Waals surface area contributed by atoms with Crippen molar-refractivity contribution in [2.45, 2.75) is 37.3 Å². The minimum atomic E-state index is -0.588. The summed E-state index contributed by atoms with van der Waals surface area (Å²) < 4.78 is 18.7. The van der Waals surface area contributed by atoms with E-state index in [1.54, 1.807) is 12.1 Å². The summed E-state index contributed by atoms with van der Waals surface area (Å²) in [7, 11) is 0. The number of ketones is 1. The van der Waals surface area contributed by atoms with Gasteiger partial charge in [0.25, 0.3) is 5.91 Å². The van der Waals surface area contributed by atoms with Crippen molar-refractivity contribution in [1.82, 2.24) is 10.3 Å². The van der Waals surface area contributed by atoms with Crippen LogP contribution in [0, 0.1) is 5.82 Å². The summed E-state index contributed by atoms with van der Waals surface area (Å²) >= 11 is 5.62. The maximum atomic E-state index is 13.4. The molecule has 3 aliphatic rings. The number of hydrogen-bond donors (Lipinski definition) is 2. The number of nitrogens with zero attached hydrogens (tertiary/aromatic N) is 1. The van der Waals surface area contributed by atoms with Gasteiger partial charge in [-0.2, -0.15) is 0 Å². The fourth-order valence-electron chi connectivity index (χ4n) is 4.07. The molecule has 3 fully saturated rings. The van der Waals surface area contributed by atoms with E-state index in [2.05, 4.69) is 15.6 Å². The Kier molecular flexibility index (Phi) is 4.50. The minimum Gasteiger partial charge on any atom is -0.484 e. The minimum absolute atomic E-state index is 0.00629. The molecule has 5 rings (SSSR count). The lowest BCUT2D eigenvalue weighted by Gasteiger charge is -2.70. The predicted octanol–water partition coefficient (Wildman–Crippen LogP) is 3.36. The molecule has 6 nitrogen and oxygen atoms in total. The molecule has 0 aliphatic heterocycles. The summed E-state index contributed by atoms with van der Waals surface area (Å²) in [6.45, 7) is 1.30. The monoisotopic (exact) mass is 403 g/mol. The van der Waals surface area contributed by atoms with E-state index in [1.807, 2.05) is 6.07 Å². The Bertz CT molecular complexity index is 946. The van der Waals surface area contributed by atoms with Crippen molar-refractivity contribution in [2.75, 3.05) is 11.9 Å². The van der Waals surface area contributed by atoms with E-state index in [-0.39, 0.29) is 40.1 Å². The Morgan fingerprint density at radius 3 is 2.64 bits per heavy atom. The van der Waals surface area contributed by atoms with Gasteiger partial charge < -0.3 is 15.4 Å². The molecule has 1 aromatic carbocycles.